The predicted octanol–water partition coefficient (Wildman–Crippen LogP) is 4.88. The molecular weight excluding hydrogens is 511 g/mol. The van der Waals surface area contributed by atoms with Crippen molar-refractivity contribution in [1.29, 1.82) is 0 Å². The second kappa shape index (κ2) is 11.2. The number of hydrogen-bond donors (Lipinski definition) is 1. The van der Waals surface area contributed by atoms with Crippen molar-refractivity contribution in [2.24, 2.45) is 5.10 Å². The second-order valence-corrected chi connectivity index (χ2v) is 9.87. The van der Waals surface area contributed by atoms with Crippen molar-refractivity contribution in [3.63, 3.8) is 0 Å². The maximum absolute atomic E-state index is 13.7. The Hall–Kier alpha value is -4.66. The number of carbonyl (C=O) groups excluding carboxylic acids is 2. The second-order valence-electron chi connectivity index (χ2n) is 9.87. The molecule has 2 heterocycles. The number of aryl methyl sites for hydroxylation is 1. The summed E-state index contributed by atoms with van der Waals surface area (Å²) in [6.45, 7) is 5.21. The van der Waals surface area contributed by atoms with Crippen LogP contribution in [0.1, 0.15) is 39.0 Å². The van der Waals surface area contributed by atoms with E-state index in [0.29, 0.717) is 59.9 Å². The van der Waals surface area contributed by atoms with E-state index in [4.69, 9.17) is 9.47 Å². The number of hydrazone groups is 1. The van der Waals surface area contributed by atoms with Crippen molar-refractivity contribution in [2.75, 3.05) is 25.8 Å². The van der Waals surface area contributed by atoms with Crippen molar-refractivity contribution >= 4 is 23.2 Å². The Morgan fingerprint density at radius 2 is 1.70 bits per heavy atom. The van der Waals surface area contributed by atoms with E-state index in [2.05, 4.69) is 15.3 Å². The smallest absolute Gasteiger partial charge is 0.282 e. The summed E-state index contributed by atoms with van der Waals surface area (Å²) in [5.41, 5.74) is 5.64. The Morgan fingerprint density at radius 3 is 2.35 bits per heavy atom. The Kier molecular flexibility index (Phi) is 7.55. The zero-order valence-corrected chi connectivity index (χ0v) is 23.0. The van der Waals surface area contributed by atoms with Gasteiger partial charge in [-0.25, -0.2) is 4.39 Å². The molecular formula is C31H31FN4O4. The highest BCUT2D eigenvalue weighted by Crippen LogP contribution is 2.30. The number of methoxy groups -OCH3 is 2. The summed E-state index contributed by atoms with van der Waals surface area (Å²) in [6, 6.07) is 15.7. The summed E-state index contributed by atoms with van der Waals surface area (Å²) in [5, 5.41) is 8.78. The van der Waals surface area contributed by atoms with E-state index in [1.54, 1.807) is 45.4 Å². The van der Waals surface area contributed by atoms with Gasteiger partial charge in [0, 0.05) is 43.4 Å². The monoisotopic (exact) mass is 542 g/mol. The number of rotatable bonds is 8. The van der Waals surface area contributed by atoms with E-state index in [1.807, 2.05) is 37.4 Å². The summed E-state index contributed by atoms with van der Waals surface area (Å²) in [5.74, 6) is 0.690. The third kappa shape index (κ3) is 5.40. The highest BCUT2D eigenvalue weighted by atomic mass is 19.1. The lowest BCUT2D eigenvalue weighted by molar-refractivity contribution is -0.114. The highest BCUT2D eigenvalue weighted by molar-refractivity contribution is 6.30. The lowest BCUT2D eigenvalue weighted by Gasteiger charge is -2.25. The highest BCUT2D eigenvalue weighted by Gasteiger charge is 2.34. The van der Waals surface area contributed by atoms with Crippen LogP contribution in [0.4, 0.5) is 10.1 Å². The summed E-state index contributed by atoms with van der Waals surface area (Å²) < 4.78 is 24.5. The molecule has 0 radical (unpaired) electrons. The molecule has 0 aromatic heterocycles. The lowest BCUT2D eigenvalue weighted by Crippen LogP contribution is -2.29. The molecule has 2 aliphatic heterocycles. The van der Waals surface area contributed by atoms with Crippen LogP contribution in [0, 0.1) is 19.7 Å². The molecule has 0 saturated carbocycles. The van der Waals surface area contributed by atoms with Crippen LogP contribution in [0.25, 0.3) is 0 Å². The number of anilines is 1. The molecule has 3 aromatic carbocycles. The summed E-state index contributed by atoms with van der Waals surface area (Å²) >= 11 is 0. The number of halogens is 1. The van der Waals surface area contributed by atoms with E-state index < -0.39 is 0 Å². The van der Waals surface area contributed by atoms with Gasteiger partial charge in [-0.1, -0.05) is 12.1 Å². The van der Waals surface area contributed by atoms with Crippen LogP contribution in [0.5, 0.6) is 11.5 Å². The molecule has 9 heteroatoms. The van der Waals surface area contributed by atoms with E-state index in [9.17, 15) is 14.0 Å². The van der Waals surface area contributed by atoms with Gasteiger partial charge < -0.3 is 19.7 Å². The number of carbonyl (C=O) groups is 2. The van der Waals surface area contributed by atoms with E-state index in [-0.39, 0.29) is 17.6 Å². The number of amides is 2. The van der Waals surface area contributed by atoms with Gasteiger partial charge in [0.1, 0.15) is 17.3 Å². The fourth-order valence-corrected chi connectivity index (χ4v) is 4.85. The molecule has 3 aromatic rings. The third-order valence-electron chi connectivity index (χ3n) is 7.15. The Morgan fingerprint density at radius 1 is 1.00 bits per heavy atom. The molecule has 206 valence electrons. The van der Waals surface area contributed by atoms with Gasteiger partial charge >= 0.3 is 0 Å². The van der Waals surface area contributed by atoms with E-state index in [1.165, 1.54) is 11.1 Å². The first kappa shape index (κ1) is 26.9. The van der Waals surface area contributed by atoms with Crippen molar-refractivity contribution in [3.8, 4) is 11.5 Å². The fourth-order valence-electron chi connectivity index (χ4n) is 4.85. The van der Waals surface area contributed by atoms with Crippen LogP contribution in [-0.2, 0) is 17.9 Å². The average Bonchev–Trinajstić information content (AvgIpc) is 3.29. The molecule has 8 nitrogen and oxygen atoms in total. The standard InChI is InChI=1S/C31H31FN4O4/c1-19-13-24(9-10-26(19)32)36-31(38)25-18-35(12-11-27(25)34-36)17-21-5-7-23(8-6-21)30(37)33-16-22-14-28(39-3)20(2)29(15-22)40-4/h5-10,13-15,18H,11-12,16-17H2,1-4H3,(H,33,37). The summed E-state index contributed by atoms with van der Waals surface area (Å²) in [4.78, 5) is 27.9. The molecule has 0 unspecified atom stereocenters. The van der Waals surface area contributed by atoms with Gasteiger partial charge in [-0.3, -0.25) is 9.59 Å². The largest absolute Gasteiger partial charge is 0.496 e. The van der Waals surface area contributed by atoms with Crippen LogP contribution >= 0.6 is 0 Å². The Labute approximate surface area is 232 Å². The number of nitrogens with one attached hydrogen (secondary N) is 1. The van der Waals surface area contributed by atoms with Crippen molar-refractivity contribution in [3.05, 3.63) is 100 Å². The maximum Gasteiger partial charge on any atom is 0.282 e. The molecule has 0 saturated heterocycles. The van der Waals surface area contributed by atoms with Crippen LogP contribution in [0.2, 0.25) is 0 Å². The average molecular weight is 543 g/mol. The van der Waals surface area contributed by atoms with Gasteiger partial charge in [-0.2, -0.15) is 10.1 Å². The zero-order chi connectivity index (χ0) is 28.4. The minimum Gasteiger partial charge on any atom is -0.496 e. The molecule has 2 aliphatic rings. The number of fused-ring (bicyclic) bond motifs is 1. The van der Waals surface area contributed by atoms with Gasteiger partial charge in [0.2, 0.25) is 0 Å². The van der Waals surface area contributed by atoms with Crippen molar-refractivity contribution in [1.82, 2.24) is 10.2 Å². The molecule has 0 fully saturated rings. The molecule has 0 atom stereocenters. The molecule has 0 spiro atoms. The van der Waals surface area contributed by atoms with E-state index >= 15 is 0 Å². The number of nitrogens with zero attached hydrogens (tertiary/aromatic N) is 3. The number of benzene rings is 3. The molecule has 40 heavy (non-hydrogen) atoms. The minimum atomic E-state index is -0.318. The van der Waals surface area contributed by atoms with Gasteiger partial charge in [0.25, 0.3) is 11.8 Å². The summed E-state index contributed by atoms with van der Waals surface area (Å²) in [7, 11) is 3.21. The molecule has 2 amide bonds. The zero-order valence-electron chi connectivity index (χ0n) is 23.0. The van der Waals surface area contributed by atoms with Gasteiger partial charge in [-0.15, -0.1) is 0 Å². The molecule has 5 rings (SSSR count). The van der Waals surface area contributed by atoms with E-state index in [0.717, 1.165) is 22.4 Å². The van der Waals surface area contributed by atoms with Gasteiger partial charge in [-0.05, 0) is 73.0 Å². The minimum absolute atomic E-state index is 0.182. The van der Waals surface area contributed by atoms with Crippen molar-refractivity contribution < 1.29 is 23.5 Å². The van der Waals surface area contributed by atoms with Crippen molar-refractivity contribution in [2.45, 2.75) is 33.4 Å². The van der Waals surface area contributed by atoms with Crippen LogP contribution < -0.4 is 19.8 Å². The first-order valence-corrected chi connectivity index (χ1v) is 13.0. The predicted molar refractivity (Wildman–Crippen MR) is 151 cm³/mol. The van der Waals surface area contributed by atoms with Gasteiger partial charge in [0.15, 0.2) is 0 Å². The lowest BCUT2D eigenvalue weighted by atomic mass is 10.0. The third-order valence-corrected chi connectivity index (χ3v) is 7.15. The summed E-state index contributed by atoms with van der Waals surface area (Å²) in [6.07, 6.45) is 2.47. The van der Waals surface area contributed by atoms with Crippen LogP contribution in [-0.4, -0.2) is 43.2 Å². The molecule has 0 bridgehead atoms. The first-order chi connectivity index (χ1) is 19.3. The van der Waals surface area contributed by atoms with Crippen LogP contribution in [0.3, 0.4) is 0 Å². The quantitative estimate of drug-likeness (QED) is 0.439. The SMILES string of the molecule is COc1cc(CNC(=O)c2ccc(CN3C=C4C(=O)N(c5ccc(F)c(C)c5)N=C4CC3)cc2)cc(OC)c1C. The number of hydrogen-bond acceptors (Lipinski definition) is 6. The molecule has 0 aliphatic carbocycles. The molecule has 1 N–H and O–H groups in total. The Bertz CT molecular complexity index is 1510. The first-order valence-electron chi connectivity index (χ1n) is 13.0. The van der Waals surface area contributed by atoms with Crippen LogP contribution in [0.15, 0.2) is 71.5 Å². The maximum atomic E-state index is 13.7. The Balaban J connectivity index is 1.21. The number of ether oxygens (including phenoxy) is 2. The topological polar surface area (TPSA) is 83.5 Å². The fraction of sp³-hybridized carbons (Fsp3) is 0.258. The normalized spacial score (nSPS) is 14.5. The van der Waals surface area contributed by atoms with Gasteiger partial charge in [0.05, 0.1) is 31.2 Å².